The Morgan fingerprint density at radius 2 is 0.595 bits per heavy atom. The van der Waals surface area contributed by atoms with Gasteiger partial charge in [-0.25, -0.2) is 0 Å². The summed E-state index contributed by atoms with van der Waals surface area (Å²) in [6.07, 6.45) is 26.1. The van der Waals surface area contributed by atoms with Gasteiger partial charge in [0.25, 0.3) is 0 Å². The van der Waals surface area contributed by atoms with Crippen LogP contribution in [0.4, 0.5) is 0 Å². The number of rotatable bonds is 30. The Labute approximate surface area is 230 Å². The second-order valence-electron chi connectivity index (χ2n) is 11.5. The highest BCUT2D eigenvalue weighted by Crippen LogP contribution is 2.38. The summed E-state index contributed by atoms with van der Waals surface area (Å²) in [5.74, 6) is 0. The molecule has 0 saturated carbocycles. The second kappa shape index (κ2) is 26.0. The van der Waals surface area contributed by atoms with Crippen molar-refractivity contribution >= 4 is 0 Å². The molecule has 0 amide bonds. The predicted octanol–water partition coefficient (Wildman–Crippen LogP) is 7.85. The van der Waals surface area contributed by atoms with Gasteiger partial charge in [0, 0.05) is 26.4 Å². The van der Waals surface area contributed by atoms with Crippen molar-refractivity contribution in [1.29, 1.82) is 0 Å². The zero-order valence-corrected chi connectivity index (χ0v) is 25.0. The van der Waals surface area contributed by atoms with E-state index in [4.69, 9.17) is 4.74 Å². The quantitative estimate of drug-likeness (QED) is 0.0710. The molecule has 5 nitrogen and oxygen atoms in total. The minimum absolute atomic E-state index is 0.0176. The normalized spacial score (nSPS) is 12.5. The van der Waals surface area contributed by atoms with Gasteiger partial charge in [-0.15, -0.1) is 0 Å². The lowest BCUT2D eigenvalue weighted by molar-refractivity contribution is -0.191. The third-order valence-electron chi connectivity index (χ3n) is 8.17. The molecule has 0 aromatic rings. The first-order valence-electron chi connectivity index (χ1n) is 16.2. The first-order valence-corrected chi connectivity index (χ1v) is 16.2. The highest BCUT2D eigenvalue weighted by molar-refractivity contribution is 4.90. The zero-order chi connectivity index (χ0) is 27.5. The van der Waals surface area contributed by atoms with Gasteiger partial charge in [-0.1, -0.05) is 129 Å². The Balaban J connectivity index is 4.92. The van der Waals surface area contributed by atoms with Crippen LogP contribution in [-0.4, -0.2) is 58.1 Å². The van der Waals surface area contributed by atoms with Crippen LogP contribution in [0, 0.1) is 0 Å². The van der Waals surface area contributed by atoms with Crippen molar-refractivity contribution in [2.24, 2.45) is 0 Å². The standard InChI is InChI=1S/C32H66O5/c1-3-5-7-9-11-13-15-17-19-21-31(23-27-33,24-28-34)37-32(25-29-35,26-30-36)22-20-18-16-14-12-10-8-6-4-2/h33-36H,3-30H2,1-2H3. The van der Waals surface area contributed by atoms with Crippen LogP contribution in [-0.2, 0) is 4.74 Å². The molecule has 0 heterocycles. The van der Waals surface area contributed by atoms with E-state index in [0.29, 0.717) is 25.7 Å². The highest BCUT2D eigenvalue weighted by Gasteiger charge is 2.40. The fourth-order valence-corrected chi connectivity index (χ4v) is 5.85. The number of aliphatic hydroxyl groups excluding tert-OH is 4. The summed E-state index contributed by atoms with van der Waals surface area (Å²) in [6, 6.07) is 0. The van der Waals surface area contributed by atoms with E-state index in [1.807, 2.05) is 0 Å². The van der Waals surface area contributed by atoms with Gasteiger partial charge in [0.15, 0.2) is 0 Å². The number of hydrogen-bond acceptors (Lipinski definition) is 5. The summed E-state index contributed by atoms with van der Waals surface area (Å²) >= 11 is 0. The Morgan fingerprint density at radius 3 is 0.838 bits per heavy atom. The third kappa shape index (κ3) is 19.5. The molecule has 0 aliphatic carbocycles. The minimum Gasteiger partial charge on any atom is -0.396 e. The van der Waals surface area contributed by atoms with Gasteiger partial charge < -0.3 is 25.2 Å². The molecule has 37 heavy (non-hydrogen) atoms. The Kier molecular flexibility index (Phi) is 25.9. The van der Waals surface area contributed by atoms with E-state index >= 15 is 0 Å². The summed E-state index contributed by atoms with van der Waals surface area (Å²) in [7, 11) is 0. The summed E-state index contributed by atoms with van der Waals surface area (Å²) in [5, 5.41) is 39.7. The zero-order valence-electron chi connectivity index (χ0n) is 25.0. The van der Waals surface area contributed by atoms with E-state index in [0.717, 1.165) is 38.5 Å². The molecule has 0 spiro atoms. The molecule has 224 valence electrons. The van der Waals surface area contributed by atoms with Crippen LogP contribution in [0.1, 0.15) is 168 Å². The smallest absolute Gasteiger partial charge is 0.0733 e. The Hall–Kier alpha value is -0.200. The van der Waals surface area contributed by atoms with Gasteiger partial charge in [-0.3, -0.25) is 0 Å². The van der Waals surface area contributed by atoms with Crippen LogP contribution >= 0.6 is 0 Å². The van der Waals surface area contributed by atoms with Crippen LogP contribution in [0.2, 0.25) is 0 Å². The fraction of sp³-hybridized carbons (Fsp3) is 1.00. The first-order chi connectivity index (χ1) is 18.1. The lowest BCUT2D eigenvalue weighted by atomic mass is 9.84. The number of aliphatic hydroxyl groups is 4. The molecule has 4 N–H and O–H groups in total. The number of hydrogen-bond donors (Lipinski definition) is 4. The van der Waals surface area contributed by atoms with Crippen molar-refractivity contribution in [2.75, 3.05) is 26.4 Å². The van der Waals surface area contributed by atoms with Gasteiger partial charge in [-0.05, 0) is 38.5 Å². The van der Waals surface area contributed by atoms with Gasteiger partial charge in [0.05, 0.1) is 11.2 Å². The molecular weight excluding hydrogens is 464 g/mol. The second-order valence-corrected chi connectivity index (χ2v) is 11.5. The van der Waals surface area contributed by atoms with Gasteiger partial charge in [0.2, 0.25) is 0 Å². The molecule has 5 heteroatoms. The highest BCUT2D eigenvalue weighted by atomic mass is 16.5. The molecule has 0 rings (SSSR count). The van der Waals surface area contributed by atoms with Crippen LogP contribution < -0.4 is 0 Å². The van der Waals surface area contributed by atoms with Crippen LogP contribution in [0.3, 0.4) is 0 Å². The van der Waals surface area contributed by atoms with E-state index in [2.05, 4.69) is 13.8 Å². The lowest BCUT2D eigenvalue weighted by Gasteiger charge is -2.44. The number of unbranched alkanes of at least 4 members (excludes halogenated alkanes) is 16. The van der Waals surface area contributed by atoms with E-state index in [1.54, 1.807) is 0 Å². The van der Waals surface area contributed by atoms with Crippen LogP contribution in [0.25, 0.3) is 0 Å². The van der Waals surface area contributed by atoms with Crippen molar-refractivity contribution in [3.8, 4) is 0 Å². The summed E-state index contributed by atoms with van der Waals surface area (Å²) in [5.41, 5.74) is -1.21. The van der Waals surface area contributed by atoms with Gasteiger partial charge in [-0.2, -0.15) is 0 Å². The molecule has 0 fully saturated rings. The van der Waals surface area contributed by atoms with E-state index in [1.165, 1.54) is 89.9 Å². The minimum atomic E-state index is -0.603. The Bertz CT molecular complexity index is 404. The molecule has 0 bridgehead atoms. The number of ether oxygens (including phenoxy) is 1. The molecule has 0 aliphatic heterocycles. The molecule has 0 aliphatic rings. The van der Waals surface area contributed by atoms with E-state index in [-0.39, 0.29) is 26.4 Å². The van der Waals surface area contributed by atoms with Crippen molar-refractivity contribution in [3.63, 3.8) is 0 Å². The maximum absolute atomic E-state index is 9.92. The van der Waals surface area contributed by atoms with Crippen LogP contribution in [0.5, 0.6) is 0 Å². The van der Waals surface area contributed by atoms with Crippen molar-refractivity contribution < 1.29 is 25.2 Å². The van der Waals surface area contributed by atoms with Gasteiger partial charge >= 0.3 is 0 Å². The van der Waals surface area contributed by atoms with Crippen molar-refractivity contribution in [3.05, 3.63) is 0 Å². The topological polar surface area (TPSA) is 90.2 Å². The summed E-state index contributed by atoms with van der Waals surface area (Å²) in [4.78, 5) is 0. The third-order valence-corrected chi connectivity index (χ3v) is 8.17. The summed E-state index contributed by atoms with van der Waals surface area (Å²) < 4.78 is 6.89. The molecule has 0 unspecified atom stereocenters. The molecule has 0 atom stereocenters. The Morgan fingerprint density at radius 1 is 0.351 bits per heavy atom. The first kappa shape index (κ1) is 36.8. The molecule has 0 aromatic heterocycles. The van der Waals surface area contributed by atoms with E-state index in [9.17, 15) is 20.4 Å². The van der Waals surface area contributed by atoms with E-state index < -0.39 is 11.2 Å². The monoisotopic (exact) mass is 530 g/mol. The van der Waals surface area contributed by atoms with Gasteiger partial charge in [0.1, 0.15) is 0 Å². The SMILES string of the molecule is CCCCCCCCCCCC(CCO)(CCO)OC(CCO)(CCO)CCCCCCCCCCC. The van der Waals surface area contributed by atoms with Crippen molar-refractivity contribution in [1.82, 2.24) is 0 Å². The largest absolute Gasteiger partial charge is 0.396 e. The molecular formula is C32H66O5. The average Bonchev–Trinajstić information content (AvgIpc) is 2.87. The predicted molar refractivity (Wildman–Crippen MR) is 157 cm³/mol. The molecule has 0 radical (unpaired) electrons. The average molecular weight is 531 g/mol. The maximum Gasteiger partial charge on any atom is 0.0733 e. The maximum atomic E-state index is 9.92. The fourth-order valence-electron chi connectivity index (χ4n) is 5.85. The van der Waals surface area contributed by atoms with Crippen LogP contribution in [0.15, 0.2) is 0 Å². The molecule has 0 saturated heterocycles. The summed E-state index contributed by atoms with van der Waals surface area (Å²) in [6.45, 7) is 4.57. The molecule has 0 aromatic carbocycles. The lowest BCUT2D eigenvalue weighted by Crippen LogP contribution is -2.47. The van der Waals surface area contributed by atoms with Crippen molar-refractivity contribution in [2.45, 2.75) is 179 Å².